The minimum absolute atomic E-state index is 0.0706. The van der Waals surface area contributed by atoms with Crippen molar-refractivity contribution in [2.45, 2.75) is 51.9 Å². The Morgan fingerprint density at radius 2 is 1.83 bits per heavy atom. The average Bonchev–Trinajstić information content (AvgIpc) is 3.21. The van der Waals surface area contributed by atoms with E-state index >= 15 is 0 Å². The van der Waals surface area contributed by atoms with Gasteiger partial charge in [-0.25, -0.2) is 9.78 Å². The molecule has 1 heterocycles. The maximum Gasteiger partial charge on any atom is 0.329 e. The van der Waals surface area contributed by atoms with Gasteiger partial charge in [0.25, 0.3) is 0 Å². The van der Waals surface area contributed by atoms with Crippen LogP contribution >= 0.6 is 0 Å². The molecule has 1 amide bonds. The highest BCUT2D eigenvalue weighted by Gasteiger charge is 2.40. The second kappa shape index (κ2) is 10.2. The molecule has 0 bridgehead atoms. The van der Waals surface area contributed by atoms with Gasteiger partial charge in [-0.1, -0.05) is 50.2 Å². The van der Waals surface area contributed by atoms with Gasteiger partial charge in [0.2, 0.25) is 11.8 Å². The Labute approximate surface area is 178 Å². The maximum absolute atomic E-state index is 13.3. The molecule has 0 saturated heterocycles. The Morgan fingerprint density at radius 3 is 2.50 bits per heavy atom. The summed E-state index contributed by atoms with van der Waals surface area (Å²) >= 11 is 0. The summed E-state index contributed by atoms with van der Waals surface area (Å²) in [5.41, 5.74) is 0.918. The Balaban J connectivity index is 1.65. The Morgan fingerprint density at radius 1 is 1.10 bits per heavy atom. The Kier molecular flexibility index (Phi) is 7.44. The number of ether oxygens (including phenoxy) is 2. The van der Waals surface area contributed by atoms with Crippen molar-refractivity contribution in [1.82, 2.24) is 9.88 Å². The maximum atomic E-state index is 13.3. The summed E-state index contributed by atoms with van der Waals surface area (Å²) in [6.07, 6.45) is 3.89. The second-order valence-corrected chi connectivity index (χ2v) is 8.09. The Bertz CT molecular complexity index is 826. The predicted octanol–water partition coefficient (Wildman–Crippen LogP) is 3.86. The summed E-state index contributed by atoms with van der Waals surface area (Å²) < 4.78 is 11.5. The Hall–Kier alpha value is -2.89. The zero-order chi connectivity index (χ0) is 21.5. The topological polar surface area (TPSA) is 68.7 Å². The summed E-state index contributed by atoms with van der Waals surface area (Å²) in [5.74, 6) is -0.305. The zero-order valence-electron chi connectivity index (χ0n) is 17.9. The lowest BCUT2D eigenvalue weighted by molar-refractivity contribution is -0.159. The van der Waals surface area contributed by atoms with Gasteiger partial charge in [0.05, 0.1) is 5.92 Å². The first-order valence-electron chi connectivity index (χ1n) is 10.5. The molecule has 30 heavy (non-hydrogen) atoms. The van der Waals surface area contributed by atoms with Gasteiger partial charge >= 0.3 is 5.97 Å². The SMILES string of the molecule is CC(C)[C@@H](C(=O)OCc1ccccc1)N(C)C(=O)C1CCCC1Oc1ccccn1. The number of pyridine rings is 1. The third kappa shape index (κ3) is 5.38. The van der Waals surface area contributed by atoms with Crippen LogP contribution in [0.4, 0.5) is 0 Å². The van der Waals surface area contributed by atoms with Crippen molar-refractivity contribution in [3.63, 3.8) is 0 Å². The largest absolute Gasteiger partial charge is 0.474 e. The van der Waals surface area contributed by atoms with Gasteiger partial charge in [0, 0.05) is 19.3 Å². The molecular formula is C24H30N2O4. The molecule has 6 nitrogen and oxygen atoms in total. The van der Waals surface area contributed by atoms with E-state index in [0.29, 0.717) is 5.88 Å². The van der Waals surface area contributed by atoms with E-state index in [4.69, 9.17) is 9.47 Å². The molecule has 1 fully saturated rings. The number of esters is 1. The van der Waals surface area contributed by atoms with Crippen LogP contribution in [0, 0.1) is 11.8 Å². The molecule has 6 heteroatoms. The smallest absolute Gasteiger partial charge is 0.329 e. The van der Waals surface area contributed by atoms with E-state index in [2.05, 4.69) is 4.98 Å². The number of benzene rings is 1. The molecule has 1 aromatic heterocycles. The molecule has 0 radical (unpaired) electrons. The van der Waals surface area contributed by atoms with Crippen molar-refractivity contribution >= 4 is 11.9 Å². The van der Waals surface area contributed by atoms with Crippen molar-refractivity contribution in [2.24, 2.45) is 11.8 Å². The molecule has 0 spiro atoms. The van der Waals surface area contributed by atoms with Crippen LogP contribution in [0.3, 0.4) is 0 Å². The van der Waals surface area contributed by atoms with Crippen molar-refractivity contribution in [2.75, 3.05) is 7.05 Å². The van der Waals surface area contributed by atoms with E-state index in [-0.39, 0.29) is 36.4 Å². The van der Waals surface area contributed by atoms with Crippen LogP contribution in [0.5, 0.6) is 5.88 Å². The first-order chi connectivity index (χ1) is 14.5. The number of hydrogen-bond acceptors (Lipinski definition) is 5. The lowest BCUT2D eigenvalue weighted by Gasteiger charge is -2.32. The van der Waals surface area contributed by atoms with Crippen LogP contribution in [0.15, 0.2) is 54.7 Å². The van der Waals surface area contributed by atoms with Crippen molar-refractivity contribution in [3.8, 4) is 5.88 Å². The normalized spacial score (nSPS) is 19.3. The van der Waals surface area contributed by atoms with E-state index in [1.807, 2.05) is 56.3 Å². The summed E-state index contributed by atoms with van der Waals surface area (Å²) in [6.45, 7) is 4.04. The van der Waals surface area contributed by atoms with Crippen molar-refractivity contribution in [1.29, 1.82) is 0 Å². The van der Waals surface area contributed by atoms with Gasteiger partial charge in [-0.15, -0.1) is 0 Å². The molecular weight excluding hydrogens is 380 g/mol. The van der Waals surface area contributed by atoms with Gasteiger partial charge < -0.3 is 14.4 Å². The van der Waals surface area contributed by atoms with E-state index in [9.17, 15) is 9.59 Å². The van der Waals surface area contributed by atoms with Crippen LogP contribution in [0.25, 0.3) is 0 Å². The fraction of sp³-hybridized carbons (Fsp3) is 0.458. The highest BCUT2D eigenvalue weighted by atomic mass is 16.5. The van der Waals surface area contributed by atoms with Crippen LogP contribution in [-0.4, -0.2) is 41.0 Å². The number of nitrogens with zero attached hydrogens (tertiary/aromatic N) is 2. The first-order valence-corrected chi connectivity index (χ1v) is 10.5. The van der Waals surface area contributed by atoms with Crippen LogP contribution in [0.2, 0.25) is 0 Å². The summed E-state index contributed by atoms with van der Waals surface area (Å²) in [5, 5.41) is 0. The number of aromatic nitrogens is 1. The quantitative estimate of drug-likeness (QED) is 0.618. The highest BCUT2D eigenvalue weighted by Crippen LogP contribution is 2.31. The molecule has 1 aromatic carbocycles. The monoisotopic (exact) mass is 410 g/mol. The van der Waals surface area contributed by atoms with E-state index in [0.717, 1.165) is 24.8 Å². The lowest BCUT2D eigenvalue weighted by Crippen LogP contribution is -2.50. The molecule has 0 aliphatic heterocycles. The van der Waals surface area contributed by atoms with Crippen molar-refractivity contribution in [3.05, 3.63) is 60.3 Å². The third-order valence-corrected chi connectivity index (χ3v) is 5.54. The van der Waals surface area contributed by atoms with E-state index in [1.54, 1.807) is 24.2 Å². The minimum atomic E-state index is -0.641. The molecule has 2 aromatic rings. The summed E-state index contributed by atoms with van der Waals surface area (Å²) in [4.78, 5) is 31.9. The fourth-order valence-corrected chi connectivity index (χ4v) is 4.01. The number of likely N-dealkylation sites (N-methyl/N-ethyl adjacent to an activating group) is 1. The van der Waals surface area contributed by atoms with E-state index < -0.39 is 6.04 Å². The molecule has 2 unspecified atom stereocenters. The van der Waals surface area contributed by atoms with Gasteiger partial charge in [-0.3, -0.25) is 4.79 Å². The minimum Gasteiger partial charge on any atom is -0.474 e. The molecule has 3 rings (SSSR count). The first kappa shape index (κ1) is 21.8. The van der Waals surface area contributed by atoms with Crippen LogP contribution in [0.1, 0.15) is 38.7 Å². The second-order valence-electron chi connectivity index (χ2n) is 8.09. The summed E-state index contributed by atoms with van der Waals surface area (Å²) in [7, 11) is 1.69. The van der Waals surface area contributed by atoms with Gasteiger partial charge in [0.1, 0.15) is 18.8 Å². The molecule has 1 aliphatic carbocycles. The van der Waals surface area contributed by atoms with E-state index in [1.165, 1.54) is 0 Å². The fourth-order valence-electron chi connectivity index (χ4n) is 4.01. The number of hydrogen-bond donors (Lipinski definition) is 0. The van der Waals surface area contributed by atoms with Gasteiger partial charge in [-0.05, 0) is 36.8 Å². The highest BCUT2D eigenvalue weighted by molar-refractivity contribution is 5.86. The summed E-state index contributed by atoms with van der Waals surface area (Å²) in [6, 6.07) is 14.4. The number of amides is 1. The number of carbonyl (C=O) groups excluding carboxylic acids is 2. The molecule has 1 aliphatic rings. The number of rotatable bonds is 8. The predicted molar refractivity (Wildman–Crippen MR) is 114 cm³/mol. The standard InChI is InChI=1S/C24H30N2O4/c1-17(2)22(24(28)29-16-18-10-5-4-6-11-18)26(3)23(27)19-12-9-13-20(19)30-21-14-7-8-15-25-21/h4-8,10-11,14-15,17,19-20,22H,9,12-13,16H2,1-3H3/t19?,20?,22-/m0/s1. The van der Waals surface area contributed by atoms with Gasteiger partial charge in [-0.2, -0.15) is 0 Å². The molecule has 160 valence electrons. The lowest BCUT2D eigenvalue weighted by atomic mass is 9.98. The van der Waals surface area contributed by atoms with Crippen LogP contribution < -0.4 is 4.74 Å². The number of carbonyl (C=O) groups is 2. The third-order valence-electron chi connectivity index (χ3n) is 5.54. The molecule has 0 N–H and O–H groups in total. The molecule has 1 saturated carbocycles. The molecule has 3 atom stereocenters. The van der Waals surface area contributed by atoms with Crippen LogP contribution in [-0.2, 0) is 20.9 Å². The van der Waals surface area contributed by atoms with Crippen molar-refractivity contribution < 1.29 is 19.1 Å². The van der Waals surface area contributed by atoms with Gasteiger partial charge in [0.15, 0.2) is 0 Å². The average molecular weight is 411 g/mol. The zero-order valence-corrected chi connectivity index (χ0v) is 17.9.